The van der Waals surface area contributed by atoms with Gasteiger partial charge in [-0.15, -0.1) is 6.58 Å². The Morgan fingerprint density at radius 3 is 2.96 bits per heavy atom. The van der Waals surface area contributed by atoms with Crippen LogP contribution in [0.4, 0.5) is 0 Å². The molecule has 0 fully saturated rings. The van der Waals surface area contributed by atoms with Crippen LogP contribution < -0.4 is 10.9 Å². The van der Waals surface area contributed by atoms with Gasteiger partial charge in [0.15, 0.2) is 5.16 Å². The summed E-state index contributed by atoms with van der Waals surface area (Å²) < 4.78 is 1.57. The number of carbonyl (C=O) groups excluding carboxylic acids is 1. The third kappa shape index (κ3) is 5.10. The van der Waals surface area contributed by atoms with Crippen LogP contribution in [-0.2, 0) is 11.3 Å². The molecule has 3 rings (SSSR count). The van der Waals surface area contributed by atoms with Crippen LogP contribution in [0.3, 0.4) is 0 Å². The van der Waals surface area contributed by atoms with E-state index in [2.05, 4.69) is 23.0 Å². The Balaban J connectivity index is 1.62. The lowest BCUT2D eigenvalue weighted by molar-refractivity contribution is -0.118. The number of allylic oxidation sites excluding steroid dienone is 2. The van der Waals surface area contributed by atoms with Crippen molar-refractivity contribution in [2.75, 3.05) is 12.3 Å². The zero-order chi connectivity index (χ0) is 19.1. The van der Waals surface area contributed by atoms with E-state index in [1.54, 1.807) is 16.7 Å². The lowest BCUT2D eigenvalue weighted by Crippen LogP contribution is -2.28. The second kappa shape index (κ2) is 9.55. The average Bonchev–Trinajstić information content (AvgIpc) is 2.70. The van der Waals surface area contributed by atoms with E-state index in [1.807, 2.05) is 18.2 Å². The number of hydrogen-bond acceptors (Lipinski definition) is 4. The molecular formula is C21H25N3O2S. The average molecular weight is 384 g/mol. The quantitative estimate of drug-likeness (QED) is 0.429. The second-order valence-electron chi connectivity index (χ2n) is 6.61. The van der Waals surface area contributed by atoms with Gasteiger partial charge < -0.3 is 5.32 Å². The van der Waals surface area contributed by atoms with Crippen LogP contribution in [0.5, 0.6) is 0 Å². The van der Waals surface area contributed by atoms with Gasteiger partial charge in [0, 0.05) is 13.1 Å². The Morgan fingerprint density at radius 1 is 1.33 bits per heavy atom. The number of benzene rings is 1. The first-order valence-corrected chi connectivity index (χ1v) is 10.4. The van der Waals surface area contributed by atoms with Crippen molar-refractivity contribution in [2.45, 2.75) is 43.8 Å². The molecule has 1 aromatic heterocycles. The molecule has 1 N–H and O–H groups in total. The van der Waals surface area contributed by atoms with Gasteiger partial charge in [0.1, 0.15) is 0 Å². The van der Waals surface area contributed by atoms with Crippen LogP contribution in [0, 0.1) is 0 Å². The molecule has 0 saturated carbocycles. The van der Waals surface area contributed by atoms with Gasteiger partial charge in [0.2, 0.25) is 5.91 Å². The summed E-state index contributed by atoms with van der Waals surface area (Å²) in [6.07, 6.45) is 9.73. The molecule has 1 aliphatic rings. The number of fused-ring (bicyclic) bond motifs is 1. The third-order valence-electron chi connectivity index (χ3n) is 4.62. The lowest BCUT2D eigenvalue weighted by Gasteiger charge is -2.13. The fraction of sp³-hybridized carbons (Fsp3) is 0.381. The van der Waals surface area contributed by atoms with E-state index in [0.29, 0.717) is 29.1 Å². The number of amides is 1. The summed E-state index contributed by atoms with van der Waals surface area (Å²) in [6.45, 7) is 4.75. The normalized spacial score (nSPS) is 14.0. The number of rotatable bonds is 8. The highest BCUT2D eigenvalue weighted by atomic mass is 32.2. The molecule has 0 atom stereocenters. The van der Waals surface area contributed by atoms with E-state index in [9.17, 15) is 9.59 Å². The highest BCUT2D eigenvalue weighted by Crippen LogP contribution is 2.20. The molecule has 1 aromatic carbocycles. The summed E-state index contributed by atoms with van der Waals surface area (Å²) in [5.74, 6) is 0.199. The van der Waals surface area contributed by atoms with Crippen LogP contribution >= 0.6 is 11.8 Å². The molecule has 0 saturated heterocycles. The van der Waals surface area contributed by atoms with Crippen molar-refractivity contribution < 1.29 is 4.79 Å². The fourth-order valence-electron chi connectivity index (χ4n) is 3.22. The topological polar surface area (TPSA) is 64.0 Å². The van der Waals surface area contributed by atoms with Gasteiger partial charge in [-0.2, -0.15) is 0 Å². The van der Waals surface area contributed by atoms with Gasteiger partial charge in [-0.25, -0.2) is 4.98 Å². The zero-order valence-electron chi connectivity index (χ0n) is 15.4. The molecule has 1 amide bonds. The summed E-state index contributed by atoms with van der Waals surface area (Å²) in [7, 11) is 0. The Morgan fingerprint density at radius 2 is 2.19 bits per heavy atom. The van der Waals surface area contributed by atoms with E-state index in [1.165, 1.54) is 30.2 Å². The SMILES string of the molecule is C=CCn1c(SCC(=O)NCCC2=CCCCC2)nc2ccccc2c1=O. The van der Waals surface area contributed by atoms with Gasteiger partial charge in [-0.1, -0.05) is 41.6 Å². The Bertz CT molecular complexity index is 917. The minimum Gasteiger partial charge on any atom is -0.355 e. The highest BCUT2D eigenvalue weighted by Gasteiger charge is 2.12. The van der Waals surface area contributed by atoms with E-state index in [0.717, 1.165) is 19.3 Å². The van der Waals surface area contributed by atoms with E-state index in [-0.39, 0.29) is 17.2 Å². The maximum atomic E-state index is 12.7. The molecule has 0 radical (unpaired) electrons. The molecule has 6 heteroatoms. The molecule has 1 heterocycles. The molecular weight excluding hydrogens is 358 g/mol. The smallest absolute Gasteiger partial charge is 0.262 e. The number of thioether (sulfide) groups is 1. The summed E-state index contributed by atoms with van der Waals surface area (Å²) in [5, 5.41) is 4.09. The number of hydrogen-bond donors (Lipinski definition) is 1. The number of nitrogens with zero attached hydrogens (tertiary/aromatic N) is 2. The maximum Gasteiger partial charge on any atom is 0.262 e. The molecule has 0 unspecified atom stereocenters. The molecule has 0 bridgehead atoms. The molecule has 2 aromatic rings. The van der Waals surface area contributed by atoms with E-state index < -0.39 is 0 Å². The Kier molecular flexibility index (Phi) is 6.87. The predicted octanol–water partition coefficient (Wildman–Crippen LogP) is 3.68. The van der Waals surface area contributed by atoms with Gasteiger partial charge >= 0.3 is 0 Å². The van der Waals surface area contributed by atoms with Crippen molar-refractivity contribution in [2.24, 2.45) is 0 Å². The predicted molar refractivity (Wildman–Crippen MR) is 111 cm³/mol. The highest BCUT2D eigenvalue weighted by molar-refractivity contribution is 7.99. The Labute approximate surface area is 163 Å². The van der Waals surface area contributed by atoms with Crippen LogP contribution in [-0.4, -0.2) is 27.8 Å². The standard InChI is InChI=1S/C21H25N3O2S/c1-2-14-24-20(26)17-10-6-7-11-18(17)23-21(24)27-15-19(25)22-13-12-16-8-4-3-5-9-16/h2,6-8,10-11H,1,3-5,9,12-15H2,(H,22,25). The van der Waals surface area contributed by atoms with Crippen LogP contribution in [0.15, 0.2) is 58.5 Å². The monoisotopic (exact) mass is 383 g/mol. The molecule has 0 aliphatic heterocycles. The van der Waals surface area contributed by atoms with E-state index in [4.69, 9.17) is 0 Å². The molecule has 0 spiro atoms. The summed E-state index contributed by atoms with van der Waals surface area (Å²) in [5.41, 5.74) is 1.99. The van der Waals surface area contributed by atoms with Crippen LogP contribution in [0.2, 0.25) is 0 Å². The summed E-state index contributed by atoms with van der Waals surface area (Å²) in [6, 6.07) is 7.27. The molecule has 1 aliphatic carbocycles. The van der Waals surface area contributed by atoms with Gasteiger partial charge in [-0.3, -0.25) is 14.2 Å². The third-order valence-corrected chi connectivity index (χ3v) is 5.60. The largest absolute Gasteiger partial charge is 0.355 e. The number of para-hydroxylation sites is 1. The van der Waals surface area contributed by atoms with Crippen LogP contribution in [0.25, 0.3) is 10.9 Å². The summed E-state index contributed by atoms with van der Waals surface area (Å²) >= 11 is 1.29. The Hall–Kier alpha value is -2.34. The maximum absolute atomic E-state index is 12.7. The number of carbonyl (C=O) groups is 1. The minimum absolute atomic E-state index is 0.0380. The zero-order valence-corrected chi connectivity index (χ0v) is 16.3. The first-order valence-electron chi connectivity index (χ1n) is 9.37. The van der Waals surface area contributed by atoms with Crippen molar-refractivity contribution in [3.63, 3.8) is 0 Å². The number of aromatic nitrogens is 2. The summed E-state index contributed by atoms with van der Waals surface area (Å²) in [4.78, 5) is 29.4. The van der Waals surface area contributed by atoms with Gasteiger partial charge in [0.05, 0.1) is 16.7 Å². The van der Waals surface area contributed by atoms with Crippen molar-refractivity contribution in [3.05, 3.63) is 58.9 Å². The molecule has 27 heavy (non-hydrogen) atoms. The second-order valence-corrected chi connectivity index (χ2v) is 7.56. The number of nitrogens with one attached hydrogen (secondary N) is 1. The van der Waals surface area contributed by atoms with Crippen molar-refractivity contribution >= 4 is 28.6 Å². The van der Waals surface area contributed by atoms with Crippen LogP contribution in [0.1, 0.15) is 32.1 Å². The first-order chi connectivity index (χ1) is 13.2. The van der Waals surface area contributed by atoms with Crippen molar-refractivity contribution in [1.82, 2.24) is 14.9 Å². The van der Waals surface area contributed by atoms with Gasteiger partial charge in [-0.05, 0) is 44.2 Å². The lowest BCUT2D eigenvalue weighted by atomic mass is 9.97. The van der Waals surface area contributed by atoms with Crippen molar-refractivity contribution in [3.8, 4) is 0 Å². The first kappa shape index (κ1) is 19.4. The molecule has 5 nitrogen and oxygen atoms in total. The van der Waals surface area contributed by atoms with Crippen molar-refractivity contribution in [1.29, 1.82) is 0 Å². The van der Waals surface area contributed by atoms with E-state index >= 15 is 0 Å². The van der Waals surface area contributed by atoms with Gasteiger partial charge in [0.25, 0.3) is 5.56 Å². The molecule has 142 valence electrons. The fourth-order valence-corrected chi connectivity index (χ4v) is 4.06. The minimum atomic E-state index is -0.104.